The molecule has 9 heteroatoms. The molecule has 0 saturated carbocycles. The Labute approximate surface area is 134 Å². The number of piperazine rings is 1. The third kappa shape index (κ3) is 3.64. The molecule has 1 aromatic rings. The zero-order valence-corrected chi connectivity index (χ0v) is 12.7. The first-order chi connectivity index (χ1) is 10.2. The lowest BCUT2D eigenvalue weighted by atomic mass is 10.1. The highest BCUT2D eigenvalue weighted by Gasteiger charge is 2.43. The van der Waals surface area contributed by atoms with Crippen molar-refractivity contribution in [1.29, 1.82) is 0 Å². The molecule has 0 radical (unpaired) electrons. The van der Waals surface area contributed by atoms with E-state index in [0.29, 0.717) is 9.92 Å². The van der Waals surface area contributed by atoms with Crippen molar-refractivity contribution >= 4 is 35.0 Å². The number of carbonyl (C=O) groups is 2. The van der Waals surface area contributed by atoms with E-state index in [-0.39, 0.29) is 36.8 Å². The number of benzene rings is 1. The molecule has 1 aliphatic rings. The molecule has 22 heavy (non-hydrogen) atoms. The number of carbonyl (C=O) groups excluding carboxylic acids is 2. The number of hydrogen-bond acceptors (Lipinski definition) is 2. The Bertz CT molecular complexity index is 599. The van der Waals surface area contributed by atoms with Crippen molar-refractivity contribution in [3.05, 3.63) is 33.8 Å². The van der Waals surface area contributed by atoms with Gasteiger partial charge in [0.05, 0.1) is 10.6 Å². The van der Waals surface area contributed by atoms with Gasteiger partial charge in [0, 0.05) is 31.2 Å². The molecule has 2 amide bonds. The molecule has 4 nitrogen and oxygen atoms in total. The third-order valence-electron chi connectivity index (χ3n) is 3.26. The van der Waals surface area contributed by atoms with Crippen LogP contribution in [0.4, 0.5) is 13.2 Å². The summed E-state index contributed by atoms with van der Waals surface area (Å²) in [4.78, 5) is 25.4. The molecule has 1 saturated heterocycles. The van der Waals surface area contributed by atoms with E-state index in [4.69, 9.17) is 23.2 Å². The minimum Gasteiger partial charge on any atom is -0.335 e. The number of hydrogen-bond donors (Lipinski definition) is 0. The summed E-state index contributed by atoms with van der Waals surface area (Å²) in [5.74, 6) is -2.29. The fourth-order valence-electron chi connectivity index (χ4n) is 2.13. The molecule has 0 aromatic heterocycles. The zero-order chi connectivity index (χ0) is 16.5. The molecule has 1 aliphatic heterocycles. The predicted molar refractivity (Wildman–Crippen MR) is 75.0 cm³/mol. The standard InChI is InChI=1S/C13H11Cl2F3N2O2/c14-8-1-2-9(10(15)7-8)11(21)19-3-5-20(6-4-19)12(22)13(16,17)18/h1-2,7H,3-6H2. The summed E-state index contributed by atoms with van der Waals surface area (Å²) in [7, 11) is 0. The number of alkyl halides is 3. The maximum Gasteiger partial charge on any atom is 0.471 e. The number of rotatable bonds is 1. The average molecular weight is 355 g/mol. The predicted octanol–water partition coefficient (Wildman–Crippen LogP) is 2.84. The molecule has 1 fully saturated rings. The van der Waals surface area contributed by atoms with Crippen LogP contribution in [-0.4, -0.2) is 54.0 Å². The first-order valence-corrected chi connectivity index (χ1v) is 7.06. The van der Waals surface area contributed by atoms with Crippen molar-refractivity contribution in [1.82, 2.24) is 9.80 Å². The lowest BCUT2D eigenvalue weighted by molar-refractivity contribution is -0.186. The fraction of sp³-hybridized carbons (Fsp3) is 0.385. The SMILES string of the molecule is O=C(c1ccc(Cl)cc1Cl)N1CCN(C(=O)C(F)(F)F)CC1. The fourth-order valence-corrected chi connectivity index (χ4v) is 2.61. The smallest absolute Gasteiger partial charge is 0.335 e. The molecule has 0 spiro atoms. The molecular weight excluding hydrogens is 344 g/mol. The Kier molecular flexibility index (Phi) is 4.87. The summed E-state index contributed by atoms with van der Waals surface area (Å²) in [5.41, 5.74) is 0.224. The van der Waals surface area contributed by atoms with Crippen molar-refractivity contribution in [2.24, 2.45) is 0 Å². The molecule has 0 unspecified atom stereocenters. The Morgan fingerprint density at radius 2 is 1.55 bits per heavy atom. The van der Waals surface area contributed by atoms with Gasteiger partial charge in [-0.05, 0) is 18.2 Å². The van der Waals surface area contributed by atoms with E-state index in [0.717, 1.165) is 0 Å². The van der Waals surface area contributed by atoms with Crippen molar-refractivity contribution in [2.45, 2.75) is 6.18 Å². The number of amides is 2. The highest BCUT2D eigenvalue weighted by atomic mass is 35.5. The highest BCUT2D eigenvalue weighted by Crippen LogP contribution is 2.24. The average Bonchev–Trinajstić information content (AvgIpc) is 2.45. The van der Waals surface area contributed by atoms with E-state index < -0.39 is 18.0 Å². The van der Waals surface area contributed by atoms with Crippen LogP contribution < -0.4 is 0 Å². The summed E-state index contributed by atoms with van der Waals surface area (Å²) >= 11 is 11.7. The first kappa shape index (κ1) is 16.9. The monoisotopic (exact) mass is 354 g/mol. The van der Waals surface area contributed by atoms with Gasteiger partial charge in [-0.25, -0.2) is 0 Å². The van der Waals surface area contributed by atoms with E-state index in [1.165, 1.54) is 23.1 Å². The molecule has 1 heterocycles. The molecule has 0 bridgehead atoms. The van der Waals surface area contributed by atoms with Gasteiger partial charge in [0.25, 0.3) is 5.91 Å². The van der Waals surface area contributed by atoms with Gasteiger partial charge in [0.2, 0.25) is 0 Å². The third-order valence-corrected chi connectivity index (χ3v) is 3.81. The normalized spacial score (nSPS) is 15.9. The van der Waals surface area contributed by atoms with Crippen molar-refractivity contribution in [2.75, 3.05) is 26.2 Å². The van der Waals surface area contributed by atoms with E-state index >= 15 is 0 Å². The van der Waals surface area contributed by atoms with Crippen LogP contribution in [0.3, 0.4) is 0 Å². The summed E-state index contributed by atoms with van der Waals surface area (Å²) in [6, 6.07) is 4.38. The van der Waals surface area contributed by atoms with Gasteiger partial charge in [0.1, 0.15) is 0 Å². The minimum absolute atomic E-state index is 0.0135. The minimum atomic E-state index is -4.90. The Balaban J connectivity index is 2.02. The summed E-state index contributed by atoms with van der Waals surface area (Å²) in [6.07, 6.45) is -4.90. The summed E-state index contributed by atoms with van der Waals surface area (Å²) in [6.45, 7) is -0.316. The molecule has 120 valence electrons. The maximum absolute atomic E-state index is 12.3. The van der Waals surface area contributed by atoms with Crippen LogP contribution in [0.2, 0.25) is 10.0 Å². The van der Waals surface area contributed by atoms with E-state index in [1.54, 1.807) is 0 Å². The van der Waals surface area contributed by atoms with Crippen LogP contribution >= 0.6 is 23.2 Å². The highest BCUT2D eigenvalue weighted by molar-refractivity contribution is 6.36. The van der Waals surface area contributed by atoms with Gasteiger partial charge in [0.15, 0.2) is 0 Å². The second-order valence-corrected chi connectivity index (χ2v) is 5.55. The summed E-state index contributed by atoms with van der Waals surface area (Å²) < 4.78 is 37.0. The van der Waals surface area contributed by atoms with Crippen molar-refractivity contribution in [3.8, 4) is 0 Å². The van der Waals surface area contributed by atoms with Crippen LogP contribution in [0.25, 0.3) is 0 Å². The van der Waals surface area contributed by atoms with Gasteiger partial charge < -0.3 is 9.80 Å². The van der Waals surface area contributed by atoms with E-state index in [9.17, 15) is 22.8 Å². The molecule has 2 rings (SSSR count). The second-order valence-electron chi connectivity index (χ2n) is 4.71. The summed E-state index contributed by atoms with van der Waals surface area (Å²) in [5, 5.41) is 0.549. The van der Waals surface area contributed by atoms with Gasteiger partial charge in [-0.1, -0.05) is 23.2 Å². The Morgan fingerprint density at radius 3 is 2.05 bits per heavy atom. The second kappa shape index (κ2) is 6.34. The van der Waals surface area contributed by atoms with Crippen LogP contribution in [0, 0.1) is 0 Å². The molecular formula is C13H11Cl2F3N2O2. The van der Waals surface area contributed by atoms with Crippen molar-refractivity contribution in [3.63, 3.8) is 0 Å². The lowest BCUT2D eigenvalue weighted by Crippen LogP contribution is -2.53. The molecule has 0 N–H and O–H groups in total. The Morgan fingerprint density at radius 1 is 1.00 bits per heavy atom. The maximum atomic E-state index is 12.3. The van der Waals surface area contributed by atoms with Crippen LogP contribution in [0.1, 0.15) is 10.4 Å². The van der Waals surface area contributed by atoms with Gasteiger partial charge in [-0.2, -0.15) is 13.2 Å². The number of nitrogens with zero attached hydrogens (tertiary/aromatic N) is 2. The Hall–Kier alpha value is -1.47. The van der Waals surface area contributed by atoms with Crippen LogP contribution in [0.15, 0.2) is 18.2 Å². The van der Waals surface area contributed by atoms with E-state index in [1.807, 2.05) is 0 Å². The van der Waals surface area contributed by atoms with Crippen LogP contribution in [0.5, 0.6) is 0 Å². The van der Waals surface area contributed by atoms with Gasteiger partial charge in [-0.3, -0.25) is 9.59 Å². The van der Waals surface area contributed by atoms with Gasteiger partial charge >= 0.3 is 12.1 Å². The van der Waals surface area contributed by atoms with Crippen molar-refractivity contribution < 1.29 is 22.8 Å². The topological polar surface area (TPSA) is 40.6 Å². The van der Waals surface area contributed by atoms with Crippen LogP contribution in [-0.2, 0) is 4.79 Å². The first-order valence-electron chi connectivity index (χ1n) is 6.30. The van der Waals surface area contributed by atoms with E-state index in [2.05, 4.69) is 0 Å². The quantitative estimate of drug-likeness (QED) is 0.777. The largest absolute Gasteiger partial charge is 0.471 e. The molecule has 0 atom stereocenters. The van der Waals surface area contributed by atoms with Gasteiger partial charge in [-0.15, -0.1) is 0 Å². The zero-order valence-electron chi connectivity index (χ0n) is 11.2. The molecule has 0 aliphatic carbocycles. The molecule has 1 aromatic carbocycles. The number of halogens is 5. The lowest BCUT2D eigenvalue weighted by Gasteiger charge is -2.35.